The smallest absolute Gasteiger partial charge is 0.151 e. The molecule has 7 heteroatoms. The molecule has 4 aromatic rings. The first kappa shape index (κ1) is 18.1. The molecule has 0 atom stereocenters. The molecule has 0 saturated carbocycles. The molecule has 1 saturated heterocycles. The molecule has 1 aliphatic heterocycles. The average molecular weight is 407 g/mol. The van der Waals surface area contributed by atoms with E-state index in [0.717, 1.165) is 57.8 Å². The van der Waals surface area contributed by atoms with Gasteiger partial charge >= 0.3 is 0 Å². The first-order valence-corrected chi connectivity index (χ1v) is 10.7. The van der Waals surface area contributed by atoms with Gasteiger partial charge in [-0.25, -0.2) is 9.97 Å². The number of phenolic OH excluding ortho intramolecular Hbond substituents is 1. The topological polar surface area (TPSA) is 74.4 Å². The van der Waals surface area contributed by atoms with Crippen LogP contribution < -0.4 is 5.32 Å². The summed E-state index contributed by atoms with van der Waals surface area (Å²) in [7, 11) is 0. The normalized spacial score (nSPS) is 15.0. The van der Waals surface area contributed by atoms with Crippen molar-refractivity contribution in [3.05, 3.63) is 54.6 Å². The van der Waals surface area contributed by atoms with Gasteiger partial charge in [0.1, 0.15) is 23.6 Å². The van der Waals surface area contributed by atoms with E-state index in [1.807, 2.05) is 18.2 Å². The van der Waals surface area contributed by atoms with Crippen LogP contribution in [-0.2, 0) is 6.54 Å². The van der Waals surface area contributed by atoms with Crippen LogP contribution in [0.2, 0.25) is 0 Å². The second-order valence-electron chi connectivity index (χ2n) is 7.33. The highest BCUT2D eigenvalue weighted by Crippen LogP contribution is 2.37. The summed E-state index contributed by atoms with van der Waals surface area (Å²) in [6.45, 7) is 3.17. The van der Waals surface area contributed by atoms with E-state index in [1.165, 1.54) is 19.3 Å². The maximum Gasteiger partial charge on any atom is 0.151 e. The fourth-order valence-corrected chi connectivity index (χ4v) is 4.74. The number of hydrogen-bond acceptors (Lipinski definition) is 7. The number of rotatable bonds is 5. The molecule has 0 radical (unpaired) electrons. The summed E-state index contributed by atoms with van der Waals surface area (Å²) in [6, 6.07) is 13.2. The molecule has 0 bridgehead atoms. The lowest BCUT2D eigenvalue weighted by molar-refractivity contribution is 0.206. The lowest BCUT2D eigenvalue weighted by atomic mass is 10.1. The number of piperidine rings is 1. The number of phenols is 1. The van der Waals surface area contributed by atoms with Crippen molar-refractivity contribution in [1.29, 1.82) is 0 Å². The number of thiophene rings is 1. The minimum atomic E-state index is 0.212. The molecular weight excluding hydrogens is 384 g/mol. The Morgan fingerprint density at radius 3 is 2.83 bits per heavy atom. The van der Waals surface area contributed by atoms with Crippen molar-refractivity contribution in [2.45, 2.75) is 25.8 Å². The van der Waals surface area contributed by atoms with E-state index in [4.69, 9.17) is 4.42 Å². The molecule has 4 heterocycles. The Balaban J connectivity index is 1.40. The highest BCUT2D eigenvalue weighted by Gasteiger charge is 2.16. The Morgan fingerprint density at radius 1 is 1.07 bits per heavy atom. The standard InChI is InChI=1S/C22H22N4O2S/c27-16-6-4-5-15(11-16)25-22-21-18(23-14-24-22)12-20(29-21)19-8-7-17(28-19)13-26-9-2-1-3-10-26/h4-8,11-12,14,27H,1-3,9-10,13H2,(H,23,24,25). The van der Waals surface area contributed by atoms with Crippen LogP contribution in [0.25, 0.3) is 20.9 Å². The molecule has 0 amide bonds. The number of furan rings is 1. The minimum Gasteiger partial charge on any atom is -0.508 e. The van der Waals surface area contributed by atoms with Gasteiger partial charge in [0.05, 0.1) is 21.6 Å². The van der Waals surface area contributed by atoms with E-state index in [0.29, 0.717) is 0 Å². The van der Waals surface area contributed by atoms with Crippen LogP contribution in [-0.4, -0.2) is 33.1 Å². The van der Waals surface area contributed by atoms with Gasteiger partial charge in [-0.15, -0.1) is 11.3 Å². The third-order valence-electron chi connectivity index (χ3n) is 5.15. The summed E-state index contributed by atoms with van der Waals surface area (Å²) in [5, 5.41) is 13.0. The first-order chi connectivity index (χ1) is 14.2. The number of anilines is 2. The summed E-state index contributed by atoms with van der Waals surface area (Å²) in [5.41, 5.74) is 1.65. The van der Waals surface area contributed by atoms with Crippen LogP contribution in [0.4, 0.5) is 11.5 Å². The summed E-state index contributed by atoms with van der Waals surface area (Å²) >= 11 is 1.60. The van der Waals surface area contributed by atoms with E-state index in [1.54, 1.807) is 35.9 Å². The van der Waals surface area contributed by atoms with Gasteiger partial charge in [0, 0.05) is 11.8 Å². The average Bonchev–Trinajstić information content (AvgIpc) is 3.36. The molecule has 0 aliphatic carbocycles. The zero-order chi connectivity index (χ0) is 19.6. The summed E-state index contributed by atoms with van der Waals surface area (Å²) in [6.07, 6.45) is 5.44. The highest BCUT2D eigenvalue weighted by molar-refractivity contribution is 7.22. The molecule has 0 spiro atoms. The maximum absolute atomic E-state index is 9.69. The monoisotopic (exact) mass is 406 g/mol. The minimum absolute atomic E-state index is 0.212. The van der Waals surface area contributed by atoms with Crippen molar-refractivity contribution < 1.29 is 9.52 Å². The van der Waals surface area contributed by atoms with Gasteiger partial charge in [0.25, 0.3) is 0 Å². The van der Waals surface area contributed by atoms with E-state index in [-0.39, 0.29) is 5.75 Å². The van der Waals surface area contributed by atoms with E-state index < -0.39 is 0 Å². The molecule has 1 aromatic carbocycles. The lowest BCUT2D eigenvalue weighted by Gasteiger charge is -2.25. The van der Waals surface area contributed by atoms with E-state index in [2.05, 4.69) is 26.3 Å². The molecule has 29 heavy (non-hydrogen) atoms. The Bertz CT molecular complexity index is 1130. The van der Waals surface area contributed by atoms with Crippen LogP contribution in [0.1, 0.15) is 25.0 Å². The van der Waals surface area contributed by atoms with Crippen LogP contribution in [0.3, 0.4) is 0 Å². The van der Waals surface area contributed by atoms with Crippen molar-refractivity contribution in [3.63, 3.8) is 0 Å². The van der Waals surface area contributed by atoms with Crippen molar-refractivity contribution in [2.75, 3.05) is 18.4 Å². The number of likely N-dealkylation sites (tertiary alicyclic amines) is 1. The fraction of sp³-hybridized carbons (Fsp3) is 0.273. The number of hydrogen-bond donors (Lipinski definition) is 2. The first-order valence-electron chi connectivity index (χ1n) is 9.87. The molecule has 148 valence electrons. The number of nitrogens with one attached hydrogen (secondary N) is 1. The number of aromatic nitrogens is 2. The maximum atomic E-state index is 9.69. The van der Waals surface area contributed by atoms with Gasteiger partial charge in [-0.3, -0.25) is 4.90 Å². The van der Waals surface area contributed by atoms with Gasteiger partial charge in [-0.05, 0) is 56.3 Å². The SMILES string of the molecule is Oc1cccc(Nc2ncnc3cc(-c4ccc(CN5CCCCC5)o4)sc23)c1. The van der Waals surface area contributed by atoms with Gasteiger partial charge in [-0.1, -0.05) is 12.5 Å². The Morgan fingerprint density at radius 2 is 1.97 bits per heavy atom. The number of aromatic hydroxyl groups is 1. The van der Waals surface area contributed by atoms with Crippen molar-refractivity contribution in [3.8, 4) is 16.4 Å². The molecule has 2 N–H and O–H groups in total. The zero-order valence-corrected chi connectivity index (χ0v) is 16.8. The van der Waals surface area contributed by atoms with Crippen molar-refractivity contribution in [2.24, 2.45) is 0 Å². The number of benzene rings is 1. The summed E-state index contributed by atoms with van der Waals surface area (Å²) in [4.78, 5) is 12.3. The van der Waals surface area contributed by atoms with Gasteiger partial charge in [0.15, 0.2) is 5.82 Å². The summed E-state index contributed by atoms with van der Waals surface area (Å²) < 4.78 is 7.10. The Labute approximate surface area is 172 Å². The van der Waals surface area contributed by atoms with Crippen LogP contribution in [0, 0.1) is 0 Å². The predicted octanol–water partition coefficient (Wildman–Crippen LogP) is 5.39. The predicted molar refractivity (Wildman–Crippen MR) is 116 cm³/mol. The largest absolute Gasteiger partial charge is 0.508 e. The molecule has 6 nitrogen and oxygen atoms in total. The second-order valence-corrected chi connectivity index (χ2v) is 8.38. The Kier molecular flexibility index (Phi) is 4.91. The zero-order valence-electron chi connectivity index (χ0n) is 16.0. The lowest BCUT2D eigenvalue weighted by Crippen LogP contribution is -2.28. The molecule has 3 aromatic heterocycles. The quantitative estimate of drug-likeness (QED) is 0.463. The van der Waals surface area contributed by atoms with Crippen LogP contribution in [0.15, 0.2) is 53.2 Å². The molecule has 1 aliphatic rings. The second kappa shape index (κ2) is 7.85. The number of nitrogens with zero attached hydrogens (tertiary/aromatic N) is 3. The number of fused-ring (bicyclic) bond motifs is 1. The molecule has 5 rings (SSSR count). The Hall–Kier alpha value is -2.90. The van der Waals surface area contributed by atoms with Crippen molar-refractivity contribution >= 4 is 33.1 Å². The van der Waals surface area contributed by atoms with E-state index in [9.17, 15) is 5.11 Å². The third kappa shape index (κ3) is 3.97. The van der Waals surface area contributed by atoms with Gasteiger partial charge < -0.3 is 14.8 Å². The molecular formula is C22H22N4O2S. The molecule has 1 fully saturated rings. The van der Waals surface area contributed by atoms with Crippen LogP contribution in [0.5, 0.6) is 5.75 Å². The van der Waals surface area contributed by atoms with Crippen molar-refractivity contribution in [1.82, 2.24) is 14.9 Å². The van der Waals surface area contributed by atoms with E-state index >= 15 is 0 Å². The summed E-state index contributed by atoms with van der Waals surface area (Å²) in [5.74, 6) is 2.80. The molecule has 0 unspecified atom stereocenters. The van der Waals surface area contributed by atoms with Gasteiger partial charge in [-0.2, -0.15) is 0 Å². The van der Waals surface area contributed by atoms with Gasteiger partial charge in [0.2, 0.25) is 0 Å². The van der Waals surface area contributed by atoms with Crippen LogP contribution >= 0.6 is 11.3 Å². The third-order valence-corrected chi connectivity index (χ3v) is 6.30. The fourth-order valence-electron chi connectivity index (χ4n) is 3.72. The highest BCUT2D eigenvalue weighted by atomic mass is 32.1.